The number of nitrogens with one attached hydrogen (secondary N) is 1. The van der Waals surface area contributed by atoms with Crippen LogP contribution >= 0.6 is 11.6 Å². The Morgan fingerprint density at radius 1 is 1.36 bits per heavy atom. The van der Waals surface area contributed by atoms with E-state index in [9.17, 15) is 4.79 Å². The molecule has 2 heterocycles. The summed E-state index contributed by atoms with van der Waals surface area (Å²) in [5.41, 5.74) is 1.54. The molecule has 0 fully saturated rings. The second-order valence-corrected chi connectivity index (χ2v) is 5.94. The number of carbonyl (C=O) groups excluding carboxylic acids is 1. The van der Waals surface area contributed by atoms with Crippen LogP contribution in [0.3, 0.4) is 0 Å². The molecule has 7 nitrogen and oxygen atoms in total. The molecule has 0 aliphatic carbocycles. The molecule has 0 bridgehead atoms. The zero-order valence-corrected chi connectivity index (χ0v) is 14.8. The van der Waals surface area contributed by atoms with Gasteiger partial charge in [0.1, 0.15) is 23.9 Å². The molecule has 0 aliphatic heterocycles. The third-order valence-corrected chi connectivity index (χ3v) is 3.96. The number of aromatic nitrogens is 3. The van der Waals surface area contributed by atoms with Gasteiger partial charge >= 0.3 is 0 Å². The van der Waals surface area contributed by atoms with Crippen molar-refractivity contribution in [2.24, 2.45) is 7.05 Å². The Morgan fingerprint density at radius 2 is 2.12 bits per heavy atom. The molecular formula is C17H17ClN4O3. The number of amides is 1. The number of hydrogen-bond acceptors (Lipinski definition) is 5. The summed E-state index contributed by atoms with van der Waals surface area (Å²) in [5.74, 6) is 1.22. The lowest BCUT2D eigenvalue weighted by molar-refractivity contribution is 0.101. The highest BCUT2D eigenvalue weighted by atomic mass is 35.5. The van der Waals surface area contributed by atoms with Gasteiger partial charge in [-0.05, 0) is 26.0 Å². The Hall–Kier alpha value is -2.80. The van der Waals surface area contributed by atoms with Crippen LogP contribution < -0.4 is 10.1 Å². The van der Waals surface area contributed by atoms with Crippen molar-refractivity contribution >= 4 is 23.3 Å². The zero-order chi connectivity index (χ0) is 18.0. The van der Waals surface area contributed by atoms with Crippen molar-refractivity contribution < 1.29 is 14.1 Å². The summed E-state index contributed by atoms with van der Waals surface area (Å²) in [7, 11) is 1.75. The minimum absolute atomic E-state index is 0.117. The normalized spacial score (nSPS) is 10.7. The van der Waals surface area contributed by atoms with Gasteiger partial charge in [-0.15, -0.1) is 0 Å². The number of ether oxygens (including phenoxy) is 1. The molecule has 3 aromatic rings. The van der Waals surface area contributed by atoms with Crippen molar-refractivity contribution in [1.82, 2.24) is 14.9 Å². The Balaban J connectivity index is 1.78. The van der Waals surface area contributed by atoms with Crippen LogP contribution in [0.25, 0.3) is 0 Å². The molecule has 0 aliphatic rings. The van der Waals surface area contributed by atoms with Crippen molar-refractivity contribution in [3.8, 4) is 5.75 Å². The minimum atomic E-state index is -0.391. The number of nitrogens with zero attached hydrogens (tertiary/aromatic N) is 3. The standard InChI is InChI=1S/C17H17ClN4O3/c1-10-8-15(22(3)20-10)19-17(23)16-12(11(2)25-21-16)9-24-14-7-5-4-6-13(14)18/h4-8H,9H2,1-3H3,(H,19,23). The SMILES string of the molecule is Cc1cc(NC(=O)c2noc(C)c2COc2ccccc2Cl)n(C)n1. The molecule has 8 heteroatoms. The molecule has 0 unspecified atom stereocenters. The van der Waals surface area contributed by atoms with Crippen LogP contribution in [0.1, 0.15) is 27.5 Å². The predicted octanol–water partition coefficient (Wildman–Crippen LogP) is 3.51. The number of aryl methyl sites for hydroxylation is 3. The van der Waals surface area contributed by atoms with E-state index in [0.29, 0.717) is 27.9 Å². The van der Waals surface area contributed by atoms with E-state index in [1.54, 1.807) is 36.9 Å². The number of rotatable bonds is 5. The third kappa shape index (κ3) is 3.66. The van der Waals surface area contributed by atoms with Crippen LogP contribution in [0.15, 0.2) is 34.9 Å². The number of para-hydroxylation sites is 1. The Morgan fingerprint density at radius 3 is 2.80 bits per heavy atom. The smallest absolute Gasteiger partial charge is 0.279 e. The van der Waals surface area contributed by atoms with Crippen LogP contribution in [0.2, 0.25) is 5.02 Å². The van der Waals surface area contributed by atoms with Gasteiger partial charge in [-0.25, -0.2) is 0 Å². The minimum Gasteiger partial charge on any atom is -0.487 e. The predicted molar refractivity (Wildman–Crippen MR) is 92.9 cm³/mol. The molecule has 25 heavy (non-hydrogen) atoms. The van der Waals surface area contributed by atoms with Gasteiger partial charge in [0.05, 0.1) is 16.3 Å². The van der Waals surface area contributed by atoms with E-state index in [1.165, 1.54) is 0 Å². The first-order chi connectivity index (χ1) is 12.0. The Kier molecular flexibility index (Phi) is 4.76. The number of halogens is 1. The van der Waals surface area contributed by atoms with Gasteiger partial charge in [-0.1, -0.05) is 28.9 Å². The quantitative estimate of drug-likeness (QED) is 0.752. The first-order valence-corrected chi connectivity index (χ1v) is 7.98. The highest BCUT2D eigenvalue weighted by Gasteiger charge is 2.21. The fourth-order valence-corrected chi connectivity index (χ4v) is 2.54. The highest BCUT2D eigenvalue weighted by Crippen LogP contribution is 2.25. The first-order valence-electron chi connectivity index (χ1n) is 7.60. The molecule has 0 saturated heterocycles. The van der Waals surface area contributed by atoms with E-state index in [-0.39, 0.29) is 12.3 Å². The van der Waals surface area contributed by atoms with Gasteiger partial charge in [-0.2, -0.15) is 5.10 Å². The van der Waals surface area contributed by atoms with Gasteiger partial charge in [-0.3, -0.25) is 9.48 Å². The van der Waals surface area contributed by atoms with Crippen molar-refractivity contribution in [3.05, 3.63) is 58.1 Å². The lowest BCUT2D eigenvalue weighted by Crippen LogP contribution is -2.17. The van der Waals surface area contributed by atoms with Crippen LogP contribution in [0, 0.1) is 13.8 Å². The molecule has 0 saturated carbocycles. The van der Waals surface area contributed by atoms with Crippen LogP contribution in [-0.4, -0.2) is 20.8 Å². The van der Waals surface area contributed by atoms with Gasteiger partial charge in [0.2, 0.25) is 0 Å². The first kappa shape index (κ1) is 17.0. The van der Waals surface area contributed by atoms with E-state index in [4.69, 9.17) is 20.9 Å². The number of hydrogen-bond donors (Lipinski definition) is 1. The molecule has 1 aromatic carbocycles. The van der Waals surface area contributed by atoms with E-state index < -0.39 is 5.91 Å². The van der Waals surface area contributed by atoms with Crippen molar-refractivity contribution in [1.29, 1.82) is 0 Å². The largest absolute Gasteiger partial charge is 0.487 e. The van der Waals surface area contributed by atoms with E-state index in [1.807, 2.05) is 19.1 Å². The van der Waals surface area contributed by atoms with Crippen LogP contribution in [0.4, 0.5) is 5.82 Å². The molecule has 130 valence electrons. The summed E-state index contributed by atoms with van der Waals surface area (Å²) in [4.78, 5) is 12.5. The maximum absolute atomic E-state index is 12.5. The van der Waals surface area contributed by atoms with Gasteiger partial charge in [0.15, 0.2) is 5.69 Å². The molecule has 1 N–H and O–H groups in total. The molecule has 0 atom stereocenters. The van der Waals surface area contributed by atoms with E-state index in [2.05, 4.69) is 15.6 Å². The van der Waals surface area contributed by atoms with Crippen LogP contribution in [0.5, 0.6) is 5.75 Å². The summed E-state index contributed by atoms with van der Waals surface area (Å²) in [6.07, 6.45) is 0. The summed E-state index contributed by atoms with van der Waals surface area (Å²) in [6, 6.07) is 8.89. The fourth-order valence-electron chi connectivity index (χ4n) is 2.35. The van der Waals surface area contributed by atoms with Crippen molar-refractivity contribution in [3.63, 3.8) is 0 Å². The molecule has 1 amide bonds. The molecule has 0 radical (unpaired) electrons. The molecule has 0 spiro atoms. The van der Waals surface area contributed by atoms with Crippen LogP contribution in [-0.2, 0) is 13.7 Å². The summed E-state index contributed by atoms with van der Waals surface area (Å²) >= 11 is 6.08. The lowest BCUT2D eigenvalue weighted by atomic mass is 10.2. The van der Waals surface area contributed by atoms with E-state index in [0.717, 1.165) is 5.69 Å². The summed E-state index contributed by atoms with van der Waals surface area (Å²) < 4.78 is 12.4. The molecular weight excluding hydrogens is 344 g/mol. The summed E-state index contributed by atoms with van der Waals surface area (Å²) in [5, 5.41) is 11.3. The fraction of sp³-hybridized carbons (Fsp3) is 0.235. The lowest BCUT2D eigenvalue weighted by Gasteiger charge is -2.08. The molecule has 3 rings (SSSR count). The number of benzene rings is 1. The average Bonchev–Trinajstić information content (AvgIpc) is 3.09. The second-order valence-electron chi connectivity index (χ2n) is 5.53. The third-order valence-electron chi connectivity index (χ3n) is 3.65. The summed E-state index contributed by atoms with van der Waals surface area (Å²) in [6.45, 7) is 3.69. The zero-order valence-electron chi connectivity index (χ0n) is 14.0. The number of carbonyl (C=O) groups is 1. The van der Waals surface area contributed by atoms with Gasteiger partial charge in [0, 0.05) is 13.1 Å². The van der Waals surface area contributed by atoms with Gasteiger partial charge in [0.25, 0.3) is 5.91 Å². The Bertz CT molecular complexity index is 917. The average molecular weight is 361 g/mol. The topological polar surface area (TPSA) is 82.2 Å². The van der Waals surface area contributed by atoms with Crippen molar-refractivity contribution in [2.45, 2.75) is 20.5 Å². The van der Waals surface area contributed by atoms with Crippen molar-refractivity contribution in [2.75, 3.05) is 5.32 Å². The molecule has 2 aromatic heterocycles. The number of anilines is 1. The van der Waals surface area contributed by atoms with Gasteiger partial charge < -0.3 is 14.6 Å². The monoisotopic (exact) mass is 360 g/mol. The second kappa shape index (κ2) is 6.98. The maximum Gasteiger partial charge on any atom is 0.279 e. The highest BCUT2D eigenvalue weighted by molar-refractivity contribution is 6.32. The Labute approximate surface area is 149 Å². The maximum atomic E-state index is 12.5. The van der Waals surface area contributed by atoms with E-state index >= 15 is 0 Å².